The first kappa shape index (κ1) is 17.2. The summed E-state index contributed by atoms with van der Waals surface area (Å²) >= 11 is 0. The molecule has 0 aromatic heterocycles. The lowest BCUT2D eigenvalue weighted by Gasteiger charge is -1.96. The van der Waals surface area contributed by atoms with E-state index in [2.05, 4.69) is 31.2 Å². The molecule has 0 aliphatic heterocycles. The van der Waals surface area contributed by atoms with Gasteiger partial charge < -0.3 is 0 Å². The molecule has 0 nitrogen and oxygen atoms in total. The Morgan fingerprint density at radius 2 is 1.22 bits per heavy atom. The van der Waals surface area contributed by atoms with Crippen molar-refractivity contribution in [1.82, 2.24) is 0 Å². The van der Waals surface area contributed by atoms with Gasteiger partial charge in [-0.25, -0.2) is 0 Å². The molecule has 0 atom stereocenters. The fourth-order valence-electron chi connectivity index (χ4n) is 1.90. The van der Waals surface area contributed by atoms with Gasteiger partial charge in [0.15, 0.2) is 0 Å². The standard InChI is InChI=1S/C18H31/c1-3-5-7-9-11-13-15-17-18-16-14-12-10-8-6-4-2/h1,3,12,14,17-18H,4-11,13,15-16H2,2H3/b3-1?,14-12-,18-17-. The predicted octanol–water partition coefficient (Wildman–Crippen LogP) is 6.40. The molecule has 0 unspecified atom stereocenters. The Labute approximate surface area is 115 Å². The van der Waals surface area contributed by atoms with Crippen LogP contribution in [-0.2, 0) is 0 Å². The summed E-state index contributed by atoms with van der Waals surface area (Å²) in [5, 5.41) is 0. The van der Waals surface area contributed by atoms with Crippen molar-refractivity contribution in [3.63, 3.8) is 0 Å². The van der Waals surface area contributed by atoms with E-state index in [1.165, 1.54) is 57.8 Å². The van der Waals surface area contributed by atoms with E-state index in [1.807, 2.05) is 0 Å². The number of hydrogen-bond acceptors (Lipinski definition) is 0. The first-order valence-corrected chi connectivity index (χ1v) is 7.75. The van der Waals surface area contributed by atoms with Gasteiger partial charge in [-0.2, -0.15) is 0 Å². The van der Waals surface area contributed by atoms with Crippen LogP contribution in [0, 0.1) is 6.58 Å². The summed E-state index contributed by atoms with van der Waals surface area (Å²) in [6, 6.07) is 0. The maximum atomic E-state index is 5.33. The topological polar surface area (TPSA) is 0 Å². The van der Waals surface area contributed by atoms with Crippen LogP contribution in [0.2, 0.25) is 0 Å². The Kier molecular flexibility index (Phi) is 15.5. The van der Waals surface area contributed by atoms with E-state index >= 15 is 0 Å². The lowest BCUT2D eigenvalue weighted by Crippen LogP contribution is -1.76. The van der Waals surface area contributed by atoms with Crippen molar-refractivity contribution in [2.45, 2.75) is 77.6 Å². The normalized spacial score (nSPS) is 11.6. The summed E-state index contributed by atoms with van der Waals surface area (Å²) < 4.78 is 0. The van der Waals surface area contributed by atoms with E-state index in [-0.39, 0.29) is 0 Å². The lowest BCUT2D eigenvalue weighted by molar-refractivity contribution is 0.652. The van der Waals surface area contributed by atoms with Crippen LogP contribution in [0.25, 0.3) is 0 Å². The molecule has 0 rings (SSSR count). The van der Waals surface area contributed by atoms with Crippen molar-refractivity contribution < 1.29 is 0 Å². The van der Waals surface area contributed by atoms with E-state index in [9.17, 15) is 0 Å². The highest BCUT2D eigenvalue weighted by molar-refractivity contribution is 4.92. The van der Waals surface area contributed by atoms with E-state index in [1.54, 1.807) is 6.08 Å². The molecule has 0 saturated heterocycles. The lowest BCUT2D eigenvalue weighted by atomic mass is 10.1. The van der Waals surface area contributed by atoms with Gasteiger partial charge in [0.05, 0.1) is 0 Å². The van der Waals surface area contributed by atoms with Gasteiger partial charge in [-0.05, 0) is 44.9 Å². The van der Waals surface area contributed by atoms with E-state index in [0.29, 0.717) is 0 Å². The quantitative estimate of drug-likeness (QED) is 0.261. The smallest absolute Gasteiger partial charge is 0.0169 e. The molecule has 0 aliphatic carbocycles. The molecule has 0 fully saturated rings. The third-order valence-corrected chi connectivity index (χ3v) is 3.07. The summed E-state index contributed by atoms with van der Waals surface area (Å²) in [7, 11) is 0. The van der Waals surface area contributed by atoms with Crippen molar-refractivity contribution in [1.29, 1.82) is 0 Å². The van der Waals surface area contributed by atoms with Crippen molar-refractivity contribution in [2.24, 2.45) is 0 Å². The van der Waals surface area contributed by atoms with Crippen molar-refractivity contribution in [2.75, 3.05) is 0 Å². The average molecular weight is 247 g/mol. The third kappa shape index (κ3) is 15.2. The van der Waals surface area contributed by atoms with Crippen LogP contribution in [0.4, 0.5) is 0 Å². The molecule has 18 heavy (non-hydrogen) atoms. The highest BCUT2D eigenvalue weighted by atomic mass is 13.9. The minimum atomic E-state index is 1.07. The molecule has 0 bridgehead atoms. The monoisotopic (exact) mass is 247 g/mol. The Morgan fingerprint density at radius 1 is 0.667 bits per heavy atom. The van der Waals surface area contributed by atoms with E-state index in [0.717, 1.165) is 12.8 Å². The Hall–Kier alpha value is -0.780. The minimum absolute atomic E-state index is 1.07. The van der Waals surface area contributed by atoms with Crippen LogP contribution in [0.15, 0.2) is 30.4 Å². The van der Waals surface area contributed by atoms with Crippen LogP contribution in [0.1, 0.15) is 77.6 Å². The zero-order valence-corrected chi connectivity index (χ0v) is 12.2. The second-order valence-electron chi connectivity index (χ2n) is 4.90. The Balaban J connectivity index is 3.15. The molecule has 0 aromatic carbocycles. The third-order valence-electron chi connectivity index (χ3n) is 3.07. The van der Waals surface area contributed by atoms with Crippen molar-refractivity contribution >= 4 is 0 Å². The van der Waals surface area contributed by atoms with Crippen LogP contribution in [0.3, 0.4) is 0 Å². The minimum Gasteiger partial charge on any atom is -0.0882 e. The molecule has 103 valence electrons. The Bertz CT molecular complexity index is 210. The predicted molar refractivity (Wildman–Crippen MR) is 83.6 cm³/mol. The molecule has 0 N–H and O–H groups in total. The molecule has 0 aromatic rings. The number of rotatable bonds is 13. The number of hydrogen-bond donors (Lipinski definition) is 0. The SMILES string of the molecule is [CH]=CCCCCCC/C=C\C/C=C\CCCCC. The van der Waals surface area contributed by atoms with E-state index in [4.69, 9.17) is 6.58 Å². The number of unbranched alkanes of at least 4 members (excludes halogenated alkanes) is 8. The molecule has 0 heteroatoms. The van der Waals surface area contributed by atoms with Gasteiger partial charge in [0.1, 0.15) is 0 Å². The van der Waals surface area contributed by atoms with Crippen LogP contribution < -0.4 is 0 Å². The summed E-state index contributed by atoms with van der Waals surface area (Å²) in [5.41, 5.74) is 0. The molecule has 0 amide bonds. The van der Waals surface area contributed by atoms with Crippen LogP contribution in [0.5, 0.6) is 0 Å². The van der Waals surface area contributed by atoms with Gasteiger partial charge in [-0.1, -0.05) is 69.6 Å². The summed E-state index contributed by atoms with van der Waals surface area (Å²) in [6.07, 6.45) is 24.9. The highest BCUT2D eigenvalue weighted by Gasteiger charge is 1.86. The van der Waals surface area contributed by atoms with Gasteiger partial charge in [0, 0.05) is 0 Å². The van der Waals surface area contributed by atoms with Gasteiger partial charge in [0.25, 0.3) is 0 Å². The second kappa shape index (κ2) is 16.2. The molecule has 0 spiro atoms. The van der Waals surface area contributed by atoms with Gasteiger partial charge >= 0.3 is 0 Å². The van der Waals surface area contributed by atoms with Crippen molar-refractivity contribution in [3.8, 4) is 0 Å². The van der Waals surface area contributed by atoms with Gasteiger partial charge in [0.2, 0.25) is 0 Å². The van der Waals surface area contributed by atoms with Crippen LogP contribution >= 0.6 is 0 Å². The maximum absolute atomic E-state index is 5.33. The molecular formula is C18H31. The summed E-state index contributed by atoms with van der Waals surface area (Å²) in [6.45, 7) is 7.58. The van der Waals surface area contributed by atoms with Gasteiger partial charge in [-0.3, -0.25) is 0 Å². The molecule has 1 radical (unpaired) electrons. The second-order valence-corrected chi connectivity index (χ2v) is 4.90. The fraction of sp³-hybridized carbons (Fsp3) is 0.667. The molecular weight excluding hydrogens is 216 g/mol. The maximum Gasteiger partial charge on any atom is -0.0169 e. The summed E-state index contributed by atoms with van der Waals surface area (Å²) in [5.74, 6) is 0. The first-order valence-electron chi connectivity index (χ1n) is 7.75. The zero-order valence-electron chi connectivity index (χ0n) is 12.2. The van der Waals surface area contributed by atoms with Gasteiger partial charge in [-0.15, -0.1) is 0 Å². The molecule has 0 heterocycles. The Morgan fingerprint density at radius 3 is 1.78 bits per heavy atom. The first-order chi connectivity index (χ1) is 8.91. The van der Waals surface area contributed by atoms with E-state index < -0.39 is 0 Å². The van der Waals surface area contributed by atoms with Crippen LogP contribution in [-0.4, -0.2) is 0 Å². The highest BCUT2D eigenvalue weighted by Crippen LogP contribution is 2.06. The molecule has 0 aliphatic rings. The summed E-state index contributed by atoms with van der Waals surface area (Å²) in [4.78, 5) is 0. The number of allylic oxidation sites excluding steroid dienone is 5. The largest absolute Gasteiger partial charge is 0.0882 e. The van der Waals surface area contributed by atoms with Crippen molar-refractivity contribution in [3.05, 3.63) is 37.0 Å². The molecule has 0 saturated carbocycles. The zero-order chi connectivity index (χ0) is 13.3. The average Bonchev–Trinajstić information content (AvgIpc) is 2.39. The fourth-order valence-corrected chi connectivity index (χ4v) is 1.90.